The molecule has 1 aromatic carbocycles. The van der Waals surface area contributed by atoms with Crippen molar-refractivity contribution in [2.24, 2.45) is 5.10 Å². The summed E-state index contributed by atoms with van der Waals surface area (Å²) in [5, 5.41) is 25.5. The SMILES string of the molecule is CC(/C=N/Nc1ccc([N+](=O)[O-])cc1[N+](=O)[O-])=C\c1ccco1. The second-order valence-electron chi connectivity index (χ2n) is 4.49. The second-order valence-corrected chi connectivity index (χ2v) is 4.49. The molecule has 0 saturated heterocycles. The number of hydrogen-bond donors (Lipinski definition) is 1. The standard InChI is InChI=1S/C14H12N4O5/c1-10(7-12-3-2-6-23-12)9-15-16-13-5-4-11(17(19)20)8-14(13)18(21)22/h2-9,16H,1H3/b10-7+,15-9+. The lowest BCUT2D eigenvalue weighted by Gasteiger charge is -2.01. The summed E-state index contributed by atoms with van der Waals surface area (Å²) in [7, 11) is 0. The van der Waals surface area contributed by atoms with E-state index in [1.54, 1.807) is 25.1 Å². The van der Waals surface area contributed by atoms with Crippen molar-refractivity contribution in [2.45, 2.75) is 6.92 Å². The first-order valence-corrected chi connectivity index (χ1v) is 6.41. The molecule has 9 heteroatoms. The van der Waals surface area contributed by atoms with Crippen LogP contribution in [0.4, 0.5) is 17.1 Å². The van der Waals surface area contributed by atoms with Gasteiger partial charge in [0, 0.05) is 6.07 Å². The summed E-state index contributed by atoms with van der Waals surface area (Å²) in [6.07, 6.45) is 4.72. The molecule has 0 saturated carbocycles. The van der Waals surface area contributed by atoms with E-state index in [0.717, 1.165) is 17.7 Å². The van der Waals surface area contributed by atoms with Crippen molar-refractivity contribution in [1.82, 2.24) is 0 Å². The zero-order valence-corrected chi connectivity index (χ0v) is 12.0. The molecule has 0 aliphatic heterocycles. The van der Waals surface area contributed by atoms with E-state index in [1.165, 1.54) is 18.5 Å². The monoisotopic (exact) mass is 316 g/mol. The van der Waals surface area contributed by atoms with Crippen LogP contribution in [-0.4, -0.2) is 16.1 Å². The third-order valence-corrected chi connectivity index (χ3v) is 2.76. The van der Waals surface area contributed by atoms with Crippen LogP contribution in [0.1, 0.15) is 12.7 Å². The Morgan fingerprint density at radius 3 is 2.65 bits per heavy atom. The Kier molecular flexibility index (Phi) is 4.82. The van der Waals surface area contributed by atoms with Gasteiger partial charge in [0.25, 0.3) is 5.69 Å². The van der Waals surface area contributed by atoms with Crippen molar-refractivity contribution in [2.75, 3.05) is 5.43 Å². The summed E-state index contributed by atoms with van der Waals surface area (Å²) in [6, 6.07) is 6.79. The van der Waals surface area contributed by atoms with Crippen molar-refractivity contribution in [1.29, 1.82) is 0 Å². The van der Waals surface area contributed by atoms with Crippen LogP contribution in [0.5, 0.6) is 0 Å². The Balaban J connectivity index is 2.15. The highest BCUT2D eigenvalue weighted by Crippen LogP contribution is 2.28. The molecule has 0 spiro atoms. The lowest BCUT2D eigenvalue weighted by Crippen LogP contribution is -1.98. The third-order valence-electron chi connectivity index (χ3n) is 2.76. The Morgan fingerprint density at radius 2 is 2.04 bits per heavy atom. The number of benzene rings is 1. The molecule has 2 rings (SSSR count). The van der Waals surface area contributed by atoms with Crippen molar-refractivity contribution < 1.29 is 14.3 Å². The first-order chi connectivity index (χ1) is 11.0. The summed E-state index contributed by atoms with van der Waals surface area (Å²) in [4.78, 5) is 20.2. The molecule has 23 heavy (non-hydrogen) atoms. The Bertz CT molecular complexity index is 780. The number of hydrogen-bond acceptors (Lipinski definition) is 7. The van der Waals surface area contributed by atoms with E-state index in [9.17, 15) is 20.2 Å². The van der Waals surface area contributed by atoms with Crippen molar-refractivity contribution >= 4 is 29.4 Å². The molecule has 1 heterocycles. The molecule has 0 fully saturated rings. The smallest absolute Gasteiger partial charge is 0.301 e. The maximum atomic E-state index is 11.0. The summed E-state index contributed by atoms with van der Waals surface area (Å²) in [5.74, 6) is 0.648. The largest absolute Gasteiger partial charge is 0.465 e. The molecule has 0 atom stereocenters. The van der Waals surface area contributed by atoms with Crippen LogP contribution < -0.4 is 5.43 Å². The molecule has 0 bridgehead atoms. The molecule has 0 aliphatic carbocycles. The van der Waals surface area contributed by atoms with Gasteiger partial charge in [-0.1, -0.05) is 0 Å². The molecule has 1 N–H and O–H groups in total. The lowest BCUT2D eigenvalue weighted by molar-refractivity contribution is -0.393. The van der Waals surface area contributed by atoms with E-state index in [0.29, 0.717) is 5.76 Å². The van der Waals surface area contributed by atoms with Crippen molar-refractivity contribution in [3.63, 3.8) is 0 Å². The summed E-state index contributed by atoms with van der Waals surface area (Å²) in [6.45, 7) is 1.78. The van der Waals surface area contributed by atoms with Gasteiger partial charge >= 0.3 is 5.69 Å². The molecular formula is C14H12N4O5. The van der Waals surface area contributed by atoms with Crippen LogP contribution in [0.3, 0.4) is 0 Å². The number of nitrogens with one attached hydrogen (secondary N) is 1. The van der Waals surface area contributed by atoms with Gasteiger partial charge in [0.1, 0.15) is 11.4 Å². The third kappa shape index (κ3) is 4.24. The van der Waals surface area contributed by atoms with E-state index >= 15 is 0 Å². The topological polar surface area (TPSA) is 124 Å². The fourth-order valence-corrected chi connectivity index (χ4v) is 1.72. The van der Waals surface area contributed by atoms with Crippen molar-refractivity contribution in [3.8, 4) is 0 Å². The van der Waals surface area contributed by atoms with E-state index < -0.39 is 15.5 Å². The van der Waals surface area contributed by atoms with E-state index in [-0.39, 0.29) is 11.4 Å². The molecule has 0 radical (unpaired) electrons. The molecule has 118 valence electrons. The number of furan rings is 1. The summed E-state index contributed by atoms with van der Waals surface area (Å²) in [5.41, 5.74) is 2.52. The van der Waals surface area contributed by atoms with Gasteiger partial charge in [0.05, 0.1) is 28.4 Å². The van der Waals surface area contributed by atoms with Gasteiger partial charge in [-0.15, -0.1) is 0 Å². The Labute approximate surface area is 130 Å². The molecule has 9 nitrogen and oxygen atoms in total. The van der Waals surface area contributed by atoms with Gasteiger partial charge in [-0.3, -0.25) is 25.7 Å². The van der Waals surface area contributed by atoms with Crippen LogP contribution in [-0.2, 0) is 0 Å². The molecule has 1 aromatic heterocycles. The second kappa shape index (κ2) is 6.98. The van der Waals surface area contributed by atoms with Gasteiger partial charge < -0.3 is 4.42 Å². The maximum Gasteiger partial charge on any atom is 0.301 e. The highest BCUT2D eigenvalue weighted by Gasteiger charge is 2.18. The number of non-ortho nitro benzene ring substituents is 1. The first-order valence-electron chi connectivity index (χ1n) is 6.41. The maximum absolute atomic E-state index is 11.0. The van der Waals surface area contributed by atoms with Gasteiger partial charge in [-0.25, -0.2) is 0 Å². The fraction of sp³-hybridized carbons (Fsp3) is 0.0714. The lowest BCUT2D eigenvalue weighted by atomic mass is 10.2. The average molecular weight is 316 g/mol. The van der Waals surface area contributed by atoms with Gasteiger partial charge in [0.15, 0.2) is 0 Å². The fourth-order valence-electron chi connectivity index (χ4n) is 1.72. The van der Waals surface area contributed by atoms with Crippen LogP contribution in [0.2, 0.25) is 0 Å². The molecule has 0 aliphatic rings. The van der Waals surface area contributed by atoms with Crippen LogP contribution in [0, 0.1) is 20.2 Å². The predicted octanol–water partition coefficient (Wildman–Crippen LogP) is 3.60. The van der Waals surface area contributed by atoms with Crippen LogP contribution >= 0.6 is 0 Å². The molecule has 0 unspecified atom stereocenters. The highest BCUT2D eigenvalue weighted by atomic mass is 16.6. The minimum absolute atomic E-state index is 0.0580. The summed E-state index contributed by atoms with van der Waals surface area (Å²) < 4.78 is 5.14. The number of nitro groups is 2. The highest BCUT2D eigenvalue weighted by molar-refractivity contribution is 5.84. The van der Waals surface area contributed by atoms with E-state index in [4.69, 9.17) is 4.42 Å². The predicted molar refractivity (Wildman–Crippen MR) is 84.2 cm³/mol. The van der Waals surface area contributed by atoms with Gasteiger partial charge in [-0.2, -0.15) is 5.10 Å². The summed E-state index contributed by atoms with van der Waals surface area (Å²) >= 11 is 0. The number of anilines is 1. The van der Waals surface area contributed by atoms with Crippen LogP contribution in [0.15, 0.2) is 51.7 Å². The van der Waals surface area contributed by atoms with Crippen molar-refractivity contribution in [3.05, 3.63) is 68.2 Å². The number of hydrazone groups is 1. The average Bonchev–Trinajstić information content (AvgIpc) is 2.99. The number of allylic oxidation sites excluding steroid dienone is 1. The molecule has 2 aromatic rings. The zero-order chi connectivity index (χ0) is 16.8. The molecule has 0 amide bonds. The van der Waals surface area contributed by atoms with Crippen LogP contribution in [0.25, 0.3) is 6.08 Å². The first kappa shape index (κ1) is 15.9. The number of nitro benzene ring substituents is 2. The van der Waals surface area contributed by atoms with E-state index in [1.807, 2.05) is 0 Å². The minimum Gasteiger partial charge on any atom is -0.465 e. The molecular weight excluding hydrogens is 304 g/mol. The van der Waals surface area contributed by atoms with E-state index in [2.05, 4.69) is 10.5 Å². The van der Waals surface area contributed by atoms with Gasteiger partial charge in [-0.05, 0) is 36.8 Å². The number of nitrogens with zero attached hydrogens (tertiary/aromatic N) is 3. The van der Waals surface area contributed by atoms with Gasteiger partial charge in [0.2, 0.25) is 0 Å². The quantitative estimate of drug-likeness (QED) is 0.493. The minimum atomic E-state index is -0.712. The normalized spacial score (nSPS) is 11.6. The zero-order valence-electron chi connectivity index (χ0n) is 12.0. The Morgan fingerprint density at radius 1 is 1.26 bits per heavy atom. The Hall–Kier alpha value is -3.49. The number of rotatable bonds is 6.